The molecule has 3 rings (SSSR count). The molecule has 1 heterocycles. The molecule has 0 aliphatic heterocycles. The first-order valence-corrected chi connectivity index (χ1v) is 9.48. The van der Waals surface area contributed by atoms with Crippen LogP contribution >= 0.6 is 11.3 Å². The van der Waals surface area contributed by atoms with E-state index in [1.807, 2.05) is 0 Å². The summed E-state index contributed by atoms with van der Waals surface area (Å²) < 4.78 is 9.68. The Balaban J connectivity index is 1.99. The number of nitrogens with one attached hydrogen (secondary N) is 1. The van der Waals surface area contributed by atoms with Gasteiger partial charge in [0, 0.05) is 22.1 Å². The number of amides is 1. The fraction of sp³-hybridized carbons (Fsp3) is 0.316. The molecule has 1 atom stereocenters. The summed E-state index contributed by atoms with van der Waals surface area (Å²) in [7, 11) is 2.49. The first-order chi connectivity index (χ1) is 13.8. The summed E-state index contributed by atoms with van der Waals surface area (Å²) in [6.07, 6.45) is 1.08. The van der Waals surface area contributed by atoms with Crippen LogP contribution in [0.25, 0.3) is 0 Å². The first kappa shape index (κ1) is 20.5. The van der Waals surface area contributed by atoms with Crippen molar-refractivity contribution in [2.24, 2.45) is 0 Å². The van der Waals surface area contributed by atoms with Crippen molar-refractivity contribution < 1.29 is 28.8 Å². The van der Waals surface area contributed by atoms with Crippen LogP contribution < -0.4 is 5.32 Å². The smallest absolute Gasteiger partial charge is 0.341 e. The van der Waals surface area contributed by atoms with Crippen molar-refractivity contribution in [3.8, 4) is 0 Å². The predicted molar refractivity (Wildman–Crippen MR) is 105 cm³/mol. The number of anilines is 1. The highest BCUT2D eigenvalue weighted by Crippen LogP contribution is 2.46. The zero-order valence-corrected chi connectivity index (χ0v) is 16.8. The minimum Gasteiger partial charge on any atom is -0.469 e. The molecule has 9 nitrogen and oxygen atoms in total. The zero-order chi connectivity index (χ0) is 21.3. The van der Waals surface area contributed by atoms with E-state index in [4.69, 9.17) is 9.47 Å². The minimum absolute atomic E-state index is 0.0798. The number of aryl methyl sites for hydroxylation is 2. The van der Waals surface area contributed by atoms with Gasteiger partial charge in [0.1, 0.15) is 5.00 Å². The predicted octanol–water partition coefficient (Wildman–Crippen LogP) is 3.21. The maximum Gasteiger partial charge on any atom is 0.341 e. The lowest BCUT2D eigenvalue weighted by atomic mass is 9.99. The maximum absolute atomic E-state index is 12.7. The molecule has 2 aromatic rings. The second-order valence-electron chi connectivity index (χ2n) is 6.46. The van der Waals surface area contributed by atoms with Crippen molar-refractivity contribution in [3.05, 3.63) is 55.4 Å². The van der Waals surface area contributed by atoms with Crippen LogP contribution in [0.1, 0.15) is 49.1 Å². The molecule has 0 bridgehead atoms. The normalized spacial score (nSPS) is 14.8. The minimum atomic E-state index is -0.677. The van der Waals surface area contributed by atoms with E-state index in [0.717, 1.165) is 4.88 Å². The van der Waals surface area contributed by atoms with E-state index in [1.54, 1.807) is 6.92 Å². The molecule has 29 heavy (non-hydrogen) atoms. The van der Waals surface area contributed by atoms with Gasteiger partial charge in [0.25, 0.3) is 11.6 Å². The molecule has 0 radical (unpaired) electrons. The molecule has 152 valence electrons. The van der Waals surface area contributed by atoms with E-state index in [2.05, 4.69) is 5.32 Å². The molecule has 1 aromatic heterocycles. The van der Waals surface area contributed by atoms with Crippen molar-refractivity contribution in [3.63, 3.8) is 0 Å². The van der Waals surface area contributed by atoms with Gasteiger partial charge in [-0.15, -0.1) is 11.3 Å². The molecule has 10 heteroatoms. The van der Waals surface area contributed by atoms with Crippen molar-refractivity contribution in [1.82, 2.24) is 0 Å². The van der Waals surface area contributed by atoms with Gasteiger partial charge >= 0.3 is 11.9 Å². The van der Waals surface area contributed by atoms with Crippen LogP contribution in [0.15, 0.2) is 18.2 Å². The molecular weight excluding hydrogens is 400 g/mol. The third-order valence-corrected chi connectivity index (χ3v) is 5.98. The summed E-state index contributed by atoms with van der Waals surface area (Å²) in [5.74, 6) is -2.35. The Kier molecular flexibility index (Phi) is 5.64. The van der Waals surface area contributed by atoms with Crippen LogP contribution in [-0.2, 0) is 20.7 Å². The van der Waals surface area contributed by atoms with Crippen LogP contribution in [0.3, 0.4) is 0 Å². The van der Waals surface area contributed by atoms with E-state index in [1.165, 1.54) is 43.8 Å². The number of carbonyl (C=O) groups excluding carboxylic acids is 3. The molecule has 1 N–H and O–H groups in total. The summed E-state index contributed by atoms with van der Waals surface area (Å²) in [4.78, 5) is 48.6. The first-order valence-electron chi connectivity index (χ1n) is 8.66. The number of carbonyl (C=O) groups is 3. The average Bonchev–Trinajstić information content (AvgIpc) is 3.25. The lowest BCUT2D eigenvalue weighted by Gasteiger charge is -2.12. The average molecular weight is 418 g/mol. The van der Waals surface area contributed by atoms with Crippen LogP contribution in [0, 0.1) is 17.0 Å². The molecule has 1 unspecified atom stereocenters. The van der Waals surface area contributed by atoms with Crippen molar-refractivity contribution >= 4 is 39.9 Å². The SMILES string of the molecule is COC(=O)c1c(NC(=O)c2ccc(C)c([N+](=O)[O-])c2)sc2c1C(C(=O)OC)CC2. The maximum atomic E-state index is 12.7. The molecule has 0 saturated carbocycles. The third kappa shape index (κ3) is 3.70. The number of nitro benzene ring substituents is 1. The van der Waals surface area contributed by atoms with Crippen molar-refractivity contribution in [1.29, 1.82) is 0 Å². The molecule has 0 spiro atoms. The monoisotopic (exact) mass is 418 g/mol. The highest BCUT2D eigenvalue weighted by molar-refractivity contribution is 7.17. The Bertz CT molecular complexity index is 1030. The van der Waals surface area contributed by atoms with E-state index >= 15 is 0 Å². The van der Waals surface area contributed by atoms with Gasteiger partial charge in [-0.1, -0.05) is 6.07 Å². The van der Waals surface area contributed by atoms with Crippen LogP contribution in [-0.4, -0.2) is 37.0 Å². The standard InChI is InChI=1S/C19H18N2O7S/c1-9-4-5-10(8-12(9)21(25)26)16(22)20-17-15(19(24)28-3)14-11(18(23)27-2)6-7-13(14)29-17/h4-5,8,11H,6-7H2,1-3H3,(H,20,22). The summed E-state index contributed by atoms with van der Waals surface area (Å²) in [6.45, 7) is 1.58. The molecule has 1 aliphatic carbocycles. The second-order valence-corrected chi connectivity index (χ2v) is 7.57. The van der Waals surface area contributed by atoms with Gasteiger partial charge in [-0.3, -0.25) is 19.7 Å². The van der Waals surface area contributed by atoms with E-state index in [0.29, 0.717) is 24.0 Å². The second kappa shape index (κ2) is 8.00. The number of esters is 2. The number of nitrogens with zero attached hydrogens (tertiary/aromatic N) is 1. The Labute approximate surface area is 169 Å². The fourth-order valence-corrected chi connectivity index (χ4v) is 4.62. The highest BCUT2D eigenvalue weighted by Gasteiger charge is 2.38. The Morgan fingerprint density at radius 3 is 2.59 bits per heavy atom. The fourth-order valence-electron chi connectivity index (χ4n) is 3.36. The van der Waals surface area contributed by atoms with Gasteiger partial charge in [0.15, 0.2) is 0 Å². The Morgan fingerprint density at radius 1 is 1.24 bits per heavy atom. The molecule has 1 aromatic carbocycles. The van der Waals surface area contributed by atoms with Gasteiger partial charge in [-0.05, 0) is 31.4 Å². The van der Waals surface area contributed by atoms with E-state index in [-0.39, 0.29) is 21.8 Å². The molecule has 1 amide bonds. The number of fused-ring (bicyclic) bond motifs is 1. The lowest BCUT2D eigenvalue weighted by Crippen LogP contribution is -2.17. The van der Waals surface area contributed by atoms with Gasteiger partial charge in [-0.25, -0.2) is 4.79 Å². The summed E-state index contributed by atoms with van der Waals surface area (Å²) >= 11 is 1.19. The number of hydrogen-bond acceptors (Lipinski definition) is 8. The quantitative estimate of drug-likeness (QED) is 0.449. The number of ether oxygens (including phenoxy) is 2. The number of methoxy groups -OCH3 is 2. The zero-order valence-electron chi connectivity index (χ0n) is 15.9. The van der Waals surface area contributed by atoms with E-state index < -0.39 is 28.7 Å². The molecule has 0 fully saturated rings. The lowest BCUT2D eigenvalue weighted by molar-refractivity contribution is -0.385. The number of rotatable bonds is 5. The number of benzene rings is 1. The van der Waals surface area contributed by atoms with Crippen LogP contribution in [0.5, 0.6) is 0 Å². The van der Waals surface area contributed by atoms with Crippen molar-refractivity contribution in [2.75, 3.05) is 19.5 Å². The summed E-state index contributed by atoms with van der Waals surface area (Å²) in [5.41, 5.74) is 0.966. The Morgan fingerprint density at radius 2 is 1.97 bits per heavy atom. The number of nitro groups is 1. The van der Waals surface area contributed by atoms with Crippen LogP contribution in [0.2, 0.25) is 0 Å². The largest absolute Gasteiger partial charge is 0.469 e. The third-order valence-electron chi connectivity index (χ3n) is 4.80. The van der Waals surface area contributed by atoms with Crippen LogP contribution in [0.4, 0.5) is 10.7 Å². The Hall–Kier alpha value is -3.27. The number of thiophene rings is 1. The van der Waals surface area contributed by atoms with Crippen molar-refractivity contribution in [2.45, 2.75) is 25.7 Å². The van der Waals surface area contributed by atoms with E-state index in [9.17, 15) is 24.5 Å². The van der Waals surface area contributed by atoms with Gasteiger partial charge < -0.3 is 14.8 Å². The molecule has 1 aliphatic rings. The topological polar surface area (TPSA) is 125 Å². The number of hydrogen-bond donors (Lipinski definition) is 1. The van der Waals surface area contributed by atoms with Gasteiger partial charge in [-0.2, -0.15) is 0 Å². The molecular formula is C19H18N2O7S. The molecule has 0 saturated heterocycles. The van der Waals surface area contributed by atoms with Gasteiger partial charge in [0.2, 0.25) is 0 Å². The summed E-state index contributed by atoms with van der Waals surface area (Å²) in [6, 6.07) is 4.13. The summed E-state index contributed by atoms with van der Waals surface area (Å²) in [5, 5.41) is 14.0. The highest BCUT2D eigenvalue weighted by atomic mass is 32.1. The van der Waals surface area contributed by atoms with Gasteiger partial charge in [0.05, 0.1) is 30.6 Å².